The highest BCUT2D eigenvalue weighted by atomic mass is 32.1. The van der Waals surface area contributed by atoms with Gasteiger partial charge in [0.1, 0.15) is 11.6 Å². The van der Waals surface area contributed by atoms with Crippen molar-refractivity contribution in [2.75, 3.05) is 7.11 Å². The van der Waals surface area contributed by atoms with Gasteiger partial charge < -0.3 is 19.9 Å². The molecule has 6 nitrogen and oxygen atoms in total. The van der Waals surface area contributed by atoms with Crippen molar-refractivity contribution in [1.29, 1.82) is 0 Å². The standard InChI is InChI=1S/C16H25NO5S/c1-10(18)8-11-6-7-12(23-11)9-13(14(19)21-5)17-15(20)22-16(2,3)4/h6-7,10,13,18H,8-9H2,1-5H3,(H,17,20)/t10?,13-/m0/s1. The average molecular weight is 343 g/mol. The highest BCUT2D eigenvalue weighted by molar-refractivity contribution is 7.12. The fourth-order valence-electron chi connectivity index (χ4n) is 1.92. The van der Waals surface area contributed by atoms with E-state index >= 15 is 0 Å². The van der Waals surface area contributed by atoms with Crippen LogP contribution < -0.4 is 5.32 Å². The van der Waals surface area contributed by atoms with Crippen LogP contribution in [-0.2, 0) is 27.1 Å². The Bertz CT molecular complexity index is 533. The third-order valence-corrected chi connectivity index (χ3v) is 3.93. The number of amides is 1. The molecule has 0 spiro atoms. The zero-order valence-corrected chi connectivity index (χ0v) is 15.0. The Morgan fingerprint density at radius 1 is 1.26 bits per heavy atom. The summed E-state index contributed by atoms with van der Waals surface area (Å²) < 4.78 is 9.91. The van der Waals surface area contributed by atoms with E-state index in [1.165, 1.54) is 18.4 Å². The zero-order chi connectivity index (χ0) is 17.6. The number of carbonyl (C=O) groups excluding carboxylic acids is 2. The van der Waals surface area contributed by atoms with Gasteiger partial charge in [-0.1, -0.05) is 0 Å². The number of nitrogens with one attached hydrogen (secondary N) is 1. The number of ether oxygens (including phenoxy) is 2. The average Bonchev–Trinajstić information content (AvgIpc) is 2.81. The SMILES string of the molecule is COC(=O)[C@H](Cc1ccc(CC(C)O)s1)NC(=O)OC(C)(C)C. The summed E-state index contributed by atoms with van der Waals surface area (Å²) in [6.07, 6.45) is -0.199. The summed E-state index contributed by atoms with van der Waals surface area (Å²) in [6.45, 7) is 6.98. The van der Waals surface area contributed by atoms with E-state index in [2.05, 4.69) is 5.32 Å². The normalized spacial score (nSPS) is 14.0. The van der Waals surface area contributed by atoms with Gasteiger partial charge in [-0.15, -0.1) is 11.3 Å². The number of rotatable bonds is 6. The van der Waals surface area contributed by atoms with Crippen molar-refractivity contribution in [3.63, 3.8) is 0 Å². The fourth-order valence-corrected chi connectivity index (χ4v) is 3.10. The van der Waals surface area contributed by atoms with E-state index in [1.54, 1.807) is 27.7 Å². The van der Waals surface area contributed by atoms with E-state index in [-0.39, 0.29) is 0 Å². The molecule has 1 aromatic heterocycles. The Morgan fingerprint density at radius 2 is 1.83 bits per heavy atom. The van der Waals surface area contributed by atoms with Crippen LogP contribution in [0.15, 0.2) is 12.1 Å². The summed E-state index contributed by atoms with van der Waals surface area (Å²) in [5, 5.41) is 12.0. The first-order valence-electron chi connectivity index (χ1n) is 7.43. The van der Waals surface area contributed by atoms with E-state index in [0.717, 1.165) is 9.75 Å². The Morgan fingerprint density at radius 3 is 2.30 bits per heavy atom. The summed E-state index contributed by atoms with van der Waals surface area (Å²) in [7, 11) is 1.28. The number of esters is 1. The first-order chi connectivity index (χ1) is 10.6. The van der Waals surface area contributed by atoms with Gasteiger partial charge in [-0.25, -0.2) is 9.59 Å². The molecule has 0 fully saturated rings. The van der Waals surface area contributed by atoms with Gasteiger partial charge in [0.2, 0.25) is 0 Å². The molecule has 0 radical (unpaired) electrons. The second kappa shape index (κ2) is 8.31. The van der Waals surface area contributed by atoms with Gasteiger partial charge in [0.15, 0.2) is 0 Å². The minimum absolute atomic E-state index is 0.316. The highest BCUT2D eigenvalue weighted by Crippen LogP contribution is 2.20. The van der Waals surface area contributed by atoms with E-state index in [9.17, 15) is 14.7 Å². The van der Waals surface area contributed by atoms with Gasteiger partial charge in [0.25, 0.3) is 0 Å². The van der Waals surface area contributed by atoms with E-state index < -0.39 is 29.8 Å². The molecule has 1 aromatic rings. The van der Waals surface area contributed by atoms with Crippen molar-refractivity contribution >= 4 is 23.4 Å². The van der Waals surface area contributed by atoms with Gasteiger partial charge in [-0.3, -0.25) is 0 Å². The minimum Gasteiger partial charge on any atom is -0.467 e. The van der Waals surface area contributed by atoms with Crippen LogP contribution in [0.25, 0.3) is 0 Å². The molecule has 0 saturated carbocycles. The van der Waals surface area contributed by atoms with E-state index in [1.807, 2.05) is 12.1 Å². The molecular weight excluding hydrogens is 318 g/mol. The maximum Gasteiger partial charge on any atom is 0.408 e. The summed E-state index contributed by atoms with van der Waals surface area (Å²) >= 11 is 1.50. The Kier molecular flexibility index (Phi) is 7.02. The number of alkyl carbamates (subject to hydrolysis) is 1. The number of thiophene rings is 1. The molecule has 23 heavy (non-hydrogen) atoms. The number of hydrogen-bond acceptors (Lipinski definition) is 6. The van der Waals surface area contributed by atoms with Crippen LogP contribution in [0.1, 0.15) is 37.4 Å². The van der Waals surface area contributed by atoms with Crippen LogP contribution in [-0.4, -0.2) is 42.0 Å². The molecule has 2 atom stereocenters. The molecule has 7 heteroatoms. The lowest BCUT2D eigenvalue weighted by molar-refractivity contribution is -0.143. The van der Waals surface area contributed by atoms with Crippen LogP contribution in [0.3, 0.4) is 0 Å². The number of hydrogen-bond donors (Lipinski definition) is 2. The Labute approximate surface area is 140 Å². The predicted molar refractivity (Wildman–Crippen MR) is 88.6 cm³/mol. The van der Waals surface area contributed by atoms with Crippen molar-refractivity contribution in [2.24, 2.45) is 0 Å². The molecule has 0 aromatic carbocycles. The smallest absolute Gasteiger partial charge is 0.408 e. The van der Waals surface area contributed by atoms with Crippen molar-refractivity contribution in [2.45, 2.75) is 58.3 Å². The number of carbonyl (C=O) groups is 2. The fraction of sp³-hybridized carbons (Fsp3) is 0.625. The van der Waals surface area contributed by atoms with Crippen LogP contribution in [0.2, 0.25) is 0 Å². The second-order valence-corrected chi connectivity index (χ2v) is 7.60. The summed E-state index contributed by atoms with van der Waals surface area (Å²) in [6, 6.07) is 2.98. The molecule has 1 heterocycles. The monoisotopic (exact) mass is 343 g/mol. The van der Waals surface area contributed by atoms with Gasteiger partial charge in [0.05, 0.1) is 13.2 Å². The highest BCUT2D eigenvalue weighted by Gasteiger charge is 2.25. The van der Waals surface area contributed by atoms with Crippen LogP contribution >= 0.6 is 11.3 Å². The second-order valence-electron chi connectivity index (χ2n) is 6.35. The number of methoxy groups -OCH3 is 1. The van der Waals surface area contributed by atoms with Crippen molar-refractivity contribution in [3.8, 4) is 0 Å². The summed E-state index contributed by atoms with van der Waals surface area (Å²) in [5.41, 5.74) is -0.641. The molecule has 0 aliphatic rings. The summed E-state index contributed by atoms with van der Waals surface area (Å²) in [5.74, 6) is -0.527. The number of aliphatic hydroxyl groups excluding tert-OH is 1. The molecule has 0 saturated heterocycles. The Balaban J connectivity index is 2.73. The minimum atomic E-state index is -0.812. The van der Waals surface area contributed by atoms with Crippen LogP contribution in [0.5, 0.6) is 0 Å². The largest absolute Gasteiger partial charge is 0.467 e. The summed E-state index contributed by atoms with van der Waals surface area (Å²) in [4.78, 5) is 25.7. The molecule has 1 amide bonds. The third-order valence-electron chi connectivity index (χ3n) is 2.80. The lowest BCUT2D eigenvalue weighted by Crippen LogP contribution is -2.45. The van der Waals surface area contributed by atoms with Crippen molar-refractivity contribution < 1.29 is 24.2 Å². The van der Waals surface area contributed by atoms with Gasteiger partial charge in [-0.2, -0.15) is 0 Å². The molecule has 1 rings (SSSR count). The lowest BCUT2D eigenvalue weighted by Gasteiger charge is -2.22. The lowest BCUT2D eigenvalue weighted by atomic mass is 10.1. The van der Waals surface area contributed by atoms with Gasteiger partial charge >= 0.3 is 12.1 Å². The predicted octanol–water partition coefficient (Wildman–Crippen LogP) is 2.28. The molecule has 0 bridgehead atoms. The van der Waals surface area contributed by atoms with Crippen LogP contribution in [0.4, 0.5) is 4.79 Å². The van der Waals surface area contributed by atoms with Gasteiger partial charge in [-0.05, 0) is 39.8 Å². The first-order valence-corrected chi connectivity index (χ1v) is 8.25. The maximum atomic E-state index is 11.9. The molecule has 2 N–H and O–H groups in total. The topological polar surface area (TPSA) is 84.9 Å². The van der Waals surface area contributed by atoms with Crippen molar-refractivity contribution in [1.82, 2.24) is 5.32 Å². The molecule has 0 aliphatic heterocycles. The molecule has 0 aliphatic carbocycles. The number of aliphatic hydroxyl groups is 1. The Hall–Kier alpha value is -1.60. The quantitative estimate of drug-likeness (QED) is 0.774. The van der Waals surface area contributed by atoms with E-state index in [0.29, 0.717) is 12.8 Å². The van der Waals surface area contributed by atoms with Crippen LogP contribution in [0, 0.1) is 0 Å². The third kappa shape index (κ3) is 7.47. The van der Waals surface area contributed by atoms with Gasteiger partial charge in [0, 0.05) is 22.6 Å². The molecule has 130 valence electrons. The molecular formula is C16H25NO5S. The maximum absolute atomic E-state index is 11.9. The van der Waals surface area contributed by atoms with Crippen molar-refractivity contribution in [3.05, 3.63) is 21.9 Å². The first kappa shape index (κ1) is 19.4. The molecule has 1 unspecified atom stereocenters. The van der Waals surface area contributed by atoms with E-state index in [4.69, 9.17) is 9.47 Å². The zero-order valence-electron chi connectivity index (χ0n) is 14.2.